The molecule has 3 aromatic rings. The van der Waals surface area contributed by atoms with Crippen LogP contribution in [0.4, 0.5) is 10.1 Å². The molecule has 2 aliphatic rings. The fraction of sp³-hybridized carbons (Fsp3) is 0.417. The molecule has 180 valence electrons. The van der Waals surface area contributed by atoms with Gasteiger partial charge >= 0.3 is 0 Å². The number of ether oxygens (including phenoxy) is 1. The maximum absolute atomic E-state index is 13.9. The summed E-state index contributed by atoms with van der Waals surface area (Å²) >= 11 is 0. The number of fused-ring (bicyclic) bond motifs is 1. The maximum Gasteiger partial charge on any atom is 0.228 e. The average molecular weight is 477 g/mol. The number of halogens is 1. The topological polar surface area (TPSA) is 93.6 Å². The number of amides is 1. The van der Waals surface area contributed by atoms with Gasteiger partial charge in [0.25, 0.3) is 0 Å². The number of carbonyl (C=O) groups excluding carboxylic acids is 1. The number of aromatic nitrogens is 5. The molecule has 35 heavy (non-hydrogen) atoms. The van der Waals surface area contributed by atoms with E-state index in [0.717, 1.165) is 23.4 Å². The molecule has 2 aliphatic heterocycles. The Kier molecular flexibility index (Phi) is 6.23. The zero-order chi connectivity index (χ0) is 24.5. The van der Waals surface area contributed by atoms with E-state index in [9.17, 15) is 9.18 Å². The highest BCUT2D eigenvalue weighted by atomic mass is 19.1. The minimum atomic E-state index is -0.503. The lowest BCUT2D eigenvalue weighted by atomic mass is 9.98. The van der Waals surface area contributed by atoms with Crippen molar-refractivity contribution in [3.05, 3.63) is 70.3 Å². The van der Waals surface area contributed by atoms with Gasteiger partial charge in [-0.25, -0.2) is 9.24 Å². The molecule has 0 unspecified atom stereocenters. The molecule has 2 saturated heterocycles. The first-order chi connectivity index (χ1) is 16.9. The van der Waals surface area contributed by atoms with Crippen LogP contribution in [0.1, 0.15) is 28.5 Å². The second-order valence-electron chi connectivity index (χ2n) is 8.93. The predicted octanol–water partition coefficient (Wildman–Crippen LogP) is 2.19. The first-order valence-electron chi connectivity index (χ1n) is 11.4. The summed E-state index contributed by atoms with van der Waals surface area (Å²) in [4.78, 5) is 25.0. The van der Waals surface area contributed by atoms with Crippen molar-refractivity contribution in [1.82, 2.24) is 35.0 Å². The van der Waals surface area contributed by atoms with Crippen LogP contribution in [0, 0.1) is 26.2 Å². The van der Waals surface area contributed by atoms with E-state index in [4.69, 9.17) is 11.3 Å². The molecule has 2 aromatic heterocycles. The highest BCUT2D eigenvalue weighted by molar-refractivity contribution is 5.78. The second-order valence-corrected chi connectivity index (χ2v) is 8.93. The third kappa shape index (κ3) is 4.50. The third-order valence-corrected chi connectivity index (χ3v) is 6.80. The van der Waals surface area contributed by atoms with Crippen molar-refractivity contribution in [2.24, 2.45) is 0 Å². The summed E-state index contributed by atoms with van der Waals surface area (Å²) in [5, 5.41) is 11.2. The molecule has 0 aliphatic carbocycles. The quantitative estimate of drug-likeness (QED) is 0.533. The Morgan fingerprint density at radius 3 is 2.89 bits per heavy atom. The molecule has 1 aromatic carbocycles. The monoisotopic (exact) mass is 476 g/mol. The molecule has 0 spiro atoms. The van der Waals surface area contributed by atoms with Gasteiger partial charge in [0.1, 0.15) is 12.1 Å². The number of benzene rings is 1. The molecule has 5 rings (SSSR count). The third-order valence-electron chi connectivity index (χ3n) is 6.80. The van der Waals surface area contributed by atoms with Crippen LogP contribution >= 0.6 is 0 Å². The molecule has 0 radical (unpaired) electrons. The largest absolute Gasteiger partial charge is 0.371 e. The van der Waals surface area contributed by atoms with Gasteiger partial charge in [-0.15, -0.1) is 5.10 Å². The van der Waals surface area contributed by atoms with Gasteiger partial charge in [-0.1, -0.05) is 6.07 Å². The molecule has 1 amide bonds. The van der Waals surface area contributed by atoms with Crippen LogP contribution in [0.5, 0.6) is 0 Å². The Balaban J connectivity index is 1.21. The molecule has 0 saturated carbocycles. The van der Waals surface area contributed by atoms with Crippen molar-refractivity contribution in [1.29, 1.82) is 0 Å². The summed E-state index contributed by atoms with van der Waals surface area (Å²) in [5.74, 6) is -0.471. The van der Waals surface area contributed by atoms with Crippen LogP contribution in [-0.2, 0) is 16.0 Å². The SMILES string of the molecule is [C-]#[N+]c1c(F)ccc([C@@H]2CN3CCN(C(=O)Cc4cc(C)c(-n5cnnn5)cn4)C[C@@H]3CO2)c1C. The molecule has 0 bridgehead atoms. The van der Waals surface area contributed by atoms with E-state index in [1.165, 1.54) is 12.4 Å². The van der Waals surface area contributed by atoms with E-state index in [0.29, 0.717) is 37.5 Å². The Hall–Kier alpha value is -3.75. The number of morpholine rings is 1. The fourth-order valence-electron chi connectivity index (χ4n) is 4.85. The van der Waals surface area contributed by atoms with Crippen molar-refractivity contribution < 1.29 is 13.9 Å². The maximum atomic E-state index is 13.9. The lowest BCUT2D eigenvalue weighted by Crippen LogP contribution is -2.59. The first kappa shape index (κ1) is 23.0. The van der Waals surface area contributed by atoms with E-state index in [-0.39, 0.29) is 30.2 Å². The Bertz CT molecular complexity index is 1290. The Morgan fingerprint density at radius 2 is 2.14 bits per heavy atom. The molecule has 0 N–H and O–H groups in total. The summed E-state index contributed by atoms with van der Waals surface area (Å²) in [6, 6.07) is 5.04. The minimum absolute atomic E-state index is 0.0323. The van der Waals surface area contributed by atoms with E-state index in [1.54, 1.807) is 23.9 Å². The number of hydrogen-bond acceptors (Lipinski definition) is 7. The minimum Gasteiger partial charge on any atom is -0.371 e. The van der Waals surface area contributed by atoms with Gasteiger partial charge in [-0.3, -0.25) is 14.7 Å². The molecule has 11 heteroatoms. The average Bonchev–Trinajstić information content (AvgIpc) is 3.38. The zero-order valence-electron chi connectivity index (χ0n) is 19.6. The number of pyridine rings is 1. The normalized spacial score (nSPS) is 20.3. The van der Waals surface area contributed by atoms with Gasteiger partial charge in [0.05, 0.1) is 49.3 Å². The van der Waals surface area contributed by atoms with Gasteiger partial charge in [0, 0.05) is 26.2 Å². The van der Waals surface area contributed by atoms with Gasteiger partial charge in [0.2, 0.25) is 11.6 Å². The number of rotatable bonds is 4. The van der Waals surface area contributed by atoms with Crippen molar-refractivity contribution >= 4 is 11.6 Å². The van der Waals surface area contributed by atoms with Gasteiger partial charge in [-0.05, 0) is 53.1 Å². The van der Waals surface area contributed by atoms with E-state index >= 15 is 0 Å². The summed E-state index contributed by atoms with van der Waals surface area (Å²) in [7, 11) is 0. The molecular weight excluding hydrogens is 451 g/mol. The van der Waals surface area contributed by atoms with Crippen LogP contribution in [-0.4, -0.2) is 79.7 Å². The number of carbonyl (C=O) groups is 1. The van der Waals surface area contributed by atoms with Gasteiger partial charge in [0.15, 0.2) is 0 Å². The number of piperazine rings is 1. The molecule has 10 nitrogen and oxygen atoms in total. The summed E-state index contributed by atoms with van der Waals surface area (Å²) < 4.78 is 21.6. The van der Waals surface area contributed by atoms with Crippen molar-refractivity contribution in [3.63, 3.8) is 0 Å². The Labute approximate surface area is 202 Å². The highest BCUT2D eigenvalue weighted by Gasteiger charge is 2.36. The lowest BCUT2D eigenvalue weighted by molar-refractivity contribution is -0.139. The van der Waals surface area contributed by atoms with Crippen molar-refractivity contribution in [2.75, 3.05) is 32.8 Å². The van der Waals surface area contributed by atoms with E-state index in [2.05, 4.69) is 30.3 Å². The Morgan fingerprint density at radius 1 is 1.29 bits per heavy atom. The molecule has 2 fully saturated rings. The fourth-order valence-corrected chi connectivity index (χ4v) is 4.85. The second kappa shape index (κ2) is 9.48. The summed E-state index contributed by atoms with van der Waals surface area (Å²) in [5.41, 5.74) is 3.94. The number of aryl methyl sites for hydroxylation is 1. The number of nitrogens with zero attached hydrogens (tertiary/aromatic N) is 8. The van der Waals surface area contributed by atoms with Crippen molar-refractivity contribution in [3.8, 4) is 5.69 Å². The van der Waals surface area contributed by atoms with Gasteiger partial charge in [-0.2, -0.15) is 4.68 Å². The summed E-state index contributed by atoms with van der Waals surface area (Å²) in [6.07, 6.45) is 3.19. The van der Waals surface area contributed by atoms with E-state index < -0.39 is 5.82 Å². The standard InChI is InChI=1S/C24H25FN8O2/c1-15-8-17(27-10-21(15)33-14-28-29-30-33)9-23(34)32-7-6-31-12-22(35-13-18(31)11-32)19-4-5-20(25)24(26-3)16(19)2/h4-5,8,10,14,18,22H,6-7,9,11-13H2,1-2H3/t18-,22+/m1/s1. The van der Waals surface area contributed by atoms with E-state index in [1.807, 2.05) is 17.9 Å². The molecule has 2 atom stereocenters. The smallest absolute Gasteiger partial charge is 0.228 e. The molecular formula is C24H25FN8O2. The van der Waals surface area contributed by atoms with Crippen LogP contribution in [0.2, 0.25) is 0 Å². The number of tetrazole rings is 1. The zero-order valence-corrected chi connectivity index (χ0v) is 19.6. The van der Waals surface area contributed by atoms with Crippen LogP contribution in [0.15, 0.2) is 30.7 Å². The van der Waals surface area contributed by atoms with Crippen LogP contribution in [0.25, 0.3) is 10.5 Å². The van der Waals surface area contributed by atoms with Crippen LogP contribution in [0.3, 0.4) is 0 Å². The van der Waals surface area contributed by atoms with Crippen molar-refractivity contribution in [2.45, 2.75) is 32.4 Å². The predicted molar refractivity (Wildman–Crippen MR) is 123 cm³/mol. The van der Waals surface area contributed by atoms with Crippen LogP contribution < -0.4 is 0 Å². The highest BCUT2D eigenvalue weighted by Crippen LogP contribution is 2.34. The lowest BCUT2D eigenvalue weighted by Gasteiger charge is -2.46. The first-order valence-corrected chi connectivity index (χ1v) is 11.4. The van der Waals surface area contributed by atoms with Gasteiger partial charge < -0.3 is 9.64 Å². The molecule has 4 heterocycles. The summed E-state index contributed by atoms with van der Waals surface area (Å²) in [6.45, 7) is 14.0. The number of hydrogen-bond donors (Lipinski definition) is 0.